The average molecular weight is 338 g/mol. The minimum atomic E-state index is -0.0607. The van der Waals surface area contributed by atoms with Crippen LogP contribution in [0.3, 0.4) is 0 Å². The number of furan rings is 1. The molecule has 1 fully saturated rings. The van der Waals surface area contributed by atoms with Gasteiger partial charge in [0.25, 0.3) is 0 Å². The Balaban J connectivity index is 1.47. The summed E-state index contributed by atoms with van der Waals surface area (Å²) < 4.78 is 11.4. The zero-order valence-electron chi connectivity index (χ0n) is 14.3. The number of para-hydroxylation sites is 1. The summed E-state index contributed by atoms with van der Waals surface area (Å²) in [5.74, 6) is 0.434. The molecule has 5 nitrogen and oxygen atoms in total. The lowest BCUT2D eigenvalue weighted by molar-refractivity contribution is 0.113. The van der Waals surface area contributed by atoms with Gasteiger partial charge in [0.2, 0.25) is 0 Å². The van der Waals surface area contributed by atoms with E-state index in [0.29, 0.717) is 5.92 Å². The molecule has 1 aliphatic heterocycles. The van der Waals surface area contributed by atoms with Crippen molar-refractivity contribution in [3.63, 3.8) is 0 Å². The number of carbonyl (C=O) groups is 1. The summed E-state index contributed by atoms with van der Waals surface area (Å²) in [5.41, 5.74) is 2.40. The number of hydrogen-bond donors (Lipinski definition) is 1. The first kappa shape index (κ1) is 16.0. The van der Waals surface area contributed by atoms with Gasteiger partial charge >= 0.3 is 6.03 Å². The molecule has 1 aromatic heterocycles. The molecule has 1 aliphatic rings. The standard InChI is InChI=1S/C20H22N2O3/c1-2-24-13-14-9-10-22(12-14)20(23)21-15-7-8-17-16-5-3-4-6-18(16)25-19(17)11-15/h3-8,11,14H,2,9-10,12-13H2,1H3,(H,21,23)/t14-/m0/s1. The molecule has 0 bridgehead atoms. The largest absolute Gasteiger partial charge is 0.456 e. The van der Waals surface area contributed by atoms with Crippen molar-refractivity contribution in [3.8, 4) is 0 Å². The van der Waals surface area contributed by atoms with Crippen LogP contribution in [0.15, 0.2) is 46.9 Å². The Bertz CT molecular complexity index is 902. The molecule has 25 heavy (non-hydrogen) atoms. The molecule has 1 atom stereocenters. The van der Waals surface area contributed by atoms with Crippen molar-refractivity contribution in [3.05, 3.63) is 42.5 Å². The first-order chi connectivity index (χ1) is 12.2. The zero-order chi connectivity index (χ0) is 17.2. The third kappa shape index (κ3) is 3.20. The van der Waals surface area contributed by atoms with Gasteiger partial charge in [0.15, 0.2) is 0 Å². The van der Waals surface area contributed by atoms with Crippen molar-refractivity contribution >= 4 is 33.7 Å². The number of ether oxygens (including phenoxy) is 1. The monoisotopic (exact) mass is 338 g/mol. The molecule has 0 saturated carbocycles. The Labute approximate surface area is 146 Å². The van der Waals surface area contributed by atoms with Crippen LogP contribution in [-0.2, 0) is 4.74 Å². The van der Waals surface area contributed by atoms with Crippen LogP contribution in [0.2, 0.25) is 0 Å². The second kappa shape index (κ2) is 6.76. The Kier molecular flexibility index (Phi) is 4.32. The van der Waals surface area contributed by atoms with Crippen LogP contribution in [0.25, 0.3) is 21.9 Å². The Morgan fingerprint density at radius 3 is 2.96 bits per heavy atom. The van der Waals surface area contributed by atoms with Crippen molar-refractivity contribution in [2.75, 3.05) is 31.6 Å². The maximum Gasteiger partial charge on any atom is 0.321 e. The second-order valence-corrected chi connectivity index (χ2v) is 6.50. The number of benzene rings is 2. The number of rotatable bonds is 4. The van der Waals surface area contributed by atoms with Crippen molar-refractivity contribution in [2.24, 2.45) is 5.92 Å². The van der Waals surface area contributed by atoms with Crippen LogP contribution in [0.5, 0.6) is 0 Å². The van der Waals surface area contributed by atoms with Crippen molar-refractivity contribution in [2.45, 2.75) is 13.3 Å². The van der Waals surface area contributed by atoms with Gasteiger partial charge in [-0.25, -0.2) is 4.79 Å². The first-order valence-corrected chi connectivity index (χ1v) is 8.79. The smallest absolute Gasteiger partial charge is 0.321 e. The Hall–Kier alpha value is -2.53. The van der Waals surface area contributed by atoms with Crippen LogP contribution >= 0.6 is 0 Å². The molecule has 1 N–H and O–H groups in total. The highest BCUT2D eigenvalue weighted by molar-refractivity contribution is 6.06. The third-order valence-corrected chi connectivity index (χ3v) is 4.76. The minimum absolute atomic E-state index is 0.0607. The molecule has 0 radical (unpaired) electrons. The van der Waals surface area contributed by atoms with Crippen LogP contribution in [-0.4, -0.2) is 37.2 Å². The minimum Gasteiger partial charge on any atom is -0.456 e. The van der Waals surface area contributed by atoms with E-state index in [1.807, 2.05) is 54.3 Å². The summed E-state index contributed by atoms with van der Waals surface area (Å²) in [6.07, 6.45) is 0.996. The fourth-order valence-corrected chi connectivity index (χ4v) is 3.44. The Morgan fingerprint density at radius 2 is 2.08 bits per heavy atom. The number of likely N-dealkylation sites (tertiary alicyclic amines) is 1. The molecule has 2 heterocycles. The van der Waals surface area contributed by atoms with Crippen molar-refractivity contribution in [1.29, 1.82) is 0 Å². The highest BCUT2D eigenvalue weighted by Crippen LogP contribution is 2.30. The van der Waals surface area contributed by atoms with Gasteiger partial charge in [-0.15, -0.1) is 0 Å². The molecule has 0 spiro atoms. The number of urea groups is 1. The molecule has 1 saturated heterocycles. The van der Waals surface area contributed by atoms with Gasteiger partial charge < -0.3 is 19.4 Å². The first-order valence-electron chi connectivity index (χ1n) is 8.79. The summed E-state index contributed by atoms with van der Waals surface area (Å²) >= 11 is 0. The molecule has 2 aromatic carbocycles. The van der Waals surface area contributed by atoms with Gasteiger partial charge in [-0.05, 0) is 31.5 Å². The van der Waals surface area contributed by atoms with Crippen LogP contribution in [0.1, 0.15) is 13.3 Å². The van der Waals surface area contributed by atoms with Gasteiger partial charge in [0, 0.05) is 48.1 Å². The summed E-state index contributed by atoms with van der Waals surface area (Å²) in [6.45, 7) is 4.97. The molecule has 2 amide bonds. The number of nitrogens with zero attached hydrogens (tertiary/aromatic N) is 1. The molecule has 130 valence electrons. The quantitative estimate of drug-likeness (QED) is 0.763. The normalized spacial score (nSPS) is 17.5. The maximum absolute atomic E-state index is 12.5. The third-order valence-electron chi connectivity index (χ3n) is 4.76. The van der Waals surface area contributed by atoms with Crippen LogP contribution in [0, 0.1) is 5.92 Å². The summed E-state index contributed by atoms with van der Waals surface area (Å²) in [5, 5.41) is 5.14. The van der Waals surface area contributed by atoms with Crippen LogP contribution in [0.4, 0.5) is 10.5 Å². The predicted octanol–water partition coefficient (Wildman–Crippen LogP) is 4.48. The van der Waals surface area contributed by atoms with E-state index in [-0.39, 0.29) is 6.03 Å². The van der Waals surface area contributed by atoms with E-state index < -0.39 is 0 Å². The summed E-state index contributed by atoms with van der Waals surface area (Å²) in [6, 6.07) is 13.7. The van der Waals surface area contributed by atoms with Gasteiger partial charge in [0.1, 0.15) is 11.2 Å². The number of nitrogens with one attached hydrogen (secondary N) is 1. The zero-order valence-corrected chi connectivity index (χ0v) is 14.3. The maximum atomic E-state index is 12.5. The van der Waals surface area contributed by atoms with E-state index in [1.54, 1.807) is 0 Å². The van der Waals surface area contributed by atoms with Gasteiger partial charge in [-0.1, -0.05) is 18.2 Å². The molecule has 4 rings (SSSR count). The number of anilines is 1. The molecular formula is C20H22N2O3. The van der Waals surface area contributed by atoms with E-state index in [1.165, 1.54) is 0 Å². The summed E-state index contributed by atoms with van der Waals surface area (Å²) in [4.78, 5) is 14.3. The Morgan fingerprint density at radius 1 is 1.24 bits per heavy atom. The van der Waals surface area contributed by atoms with E-state index in [9.17, 15) is 4.79 Å². The highest BCUT2D eigenvalue weighted by Gasteiger charge is 2.26. The molecule has 5 heteroatoms. The number of carbonyl (C=O) groups excluding carboxylic acids is 1. The second-order valence-electron chi connectivity index (χ2n) is 6.50. The molecule has 0 unspecified atom stereocenters. The average Bonchev–Trinajstić information content (AvgIpc) is 3.24. The lowest BCUT2D eigenvalue weighted by atomic mass is 10.1. The van der Waals surface area contributed by atoms with E-state index in [2.05, 4.69) is 5.32 Å². The SMILES string of the molecule is CCOC[C@H]1CCN(C(=O)Nc2ccc3c(c2)oc2ccccc23)C1. The number of hydrogen-bond acceptors (Lipinski definition) is 3. The van der Waals surface area contributed by atoms with Crippen molar-refractivity contribution < 1.29 is 13.9 Å². The lowest BCUT2D eigenvalue weighted by Crippen LogP contribution is -2.33. The van der Waals surface area contributed by atoms with Gasteiger partial charge in [-0.3, -0.25) is 0 Å². The fourth-order valence-electron chi connectivity index (χ4n) is 3.44. The topological polar surface area (TPSA) is 54.7 Å². The number of fused-ring (bicyclic) bond motifs is 3. The summed E-state index contributed by atoms with van der Waals surface area (Å²) in [7, 11) is 0. The van der Waals surface area contributed by atoms with Gasteiger partial charge in [0.05, 0.1) is 6.61 Å². The van der Waals surface area contributed by atoms with E-state index in [0.717, 1.165) is 60.3 Å². The van der Waals surface area contributed by atoms with E-state index >= 15 is 0 Å². The van der Waals surface area contributed by atoms with E-state index in [4.69, 9.17) is 9.15 Å². The number of amides is 2. The van der Waals surface area contributed by atoms with Crippen LogP contribution < -0.4 is 5.32 Å². The predicted molar refractivity (Wildman–Crippen MR) is 98.9 cm³/mol. The lowest BCUT2D eigenvalue weighted by Gasteiger charge is -2.17. The highest BCUT2D eigenvalue weighted by atomic mass is 16.5. The molecule has 3 aromatic rings. The molecule has 0 aliphatic carbocycles. The molecular weight excluding hydrogens is 316 g/mol. The fraction of sp³-hybridized carbons (Fsp3) is 0.350. The van der Waals surface area contributed by atoms with Gasteiger partial charge in [-0.2, -0.15) is 0 Å². The van der Waals surface area contributed by atoms with Crippen molar-refractivity contribution in [1.82, 2.24) is 4.90 Å².